The molecule has 0 saturated carbocycles. The van der Waals surface area contributed by atoms with Crippen LogP contribution in [0.4, 0.5) is 11.5 Å². The summed E-state index contributed by atoms with van der Waals surface area (Å²) in [5.41, 5.74) is 8.44. The molecule has 0 aliphatic rings. The fraction of sp³-hybridized carbons (Fsp3) is 0.231. The highest BCUT2D eigenvalue weighted by Gasteiger charge is 2.12. The Hall–Kier alpha value is -2.50. The number of carbonyl (C=O) groups excluding carboxylic acids is 1. The number of hydrogen-bond donors (Lipinski definition) is 3. The average molecular weight is 260 g/mol. The van der Waals surface area contributed by atoms with Crippen LogP contribution in [0.1, 0.15) is 21.6 Å². The molecule has 0 aliphatic carbocycles. The number of carbonyl (C=O) groups is 1. The monoisotopic (exact) mass is 260 g/mol. The fourth-order valence-electron chi connectivity index (χ4n) is 1.66. The van der Waals surface area contributed by atoms with Crippen molar-refractivity contribution >= 4 is 17.4 Å². The summed E-state index contributed by atoms with van der Waals surface area (Å²) < 4.78 is 5.08. The van der Waals surface area contributed by atoms with Gasteiger partial charge in [0.25, 0.3) is 5.91 Å². The molecule has 19 heavy (non-hydrogen) atoms. The van der Waals surface area contributed by atoms with Crippen molar-refractivity contribution in [2.75, 3.05) is 18.2 Å². The van der Waals surface area contributed by atoms with Crippen molar-refractivity contribution in [3.05, 3.63) is 35.0 Å². The first kappa shape index (κ1) is 12.9. The largest absolute Gasteiger partial charge is 0.497 e. The maximum atomic E-state index is 12.1. The number of anilines is 2. The lowest BCUT2D eigenvalue weighted by molar-refractivity contribution is 0.102. The minimum absolute atomic E-state index is 0.278. The van der Waals surface area contributed by atoms with E-state index < -0.39 is 0 Å². The van der Waals surface area contributed by atoms with E-state index in [9.17, 15) is 4.79 Å². The van der Waals surface area contributed by atoms with Crippen LogP contribution in [0.25, 0.3) is 0 Å². The van der Waals surface area contributed by atoms with Gasteiger partial charge in [0, 0.05) is 28.6 Å². The van der Waals surface area contributed by atoms with E-state index in [4.69, 9.17) is 10.5 Å². The molecule has 100 valence electrons. The fourth-order valence-corrected chi connectivity index (χ4v) is 1.66. The minimum Gasteiger partial charge on any atom is -0.497 e. The van der Waals surface area contributed by atoms with Crippen molar-refractivity contribution in [3.8, 4) is 5.75 Å². The van der Waals surface area contributed by atoms with Crippen molar-refractivity contribution in [2.45, 2.75) is 13.8 Å². The van der Waals surface area contributed by atoms with Gasteiger partial charge < -0.3 is 15.8 Å². The Kier molecular flexibility index (Phi) is 3.41. The molecule has 6 nitrogen and oxygen atoms in total. The first-order valence-electron chi connectivity index (χ1n) is 5.78. The van der Waals surface area contributed by atoms with E-state index in [1.807, 2.05) is 13.8 Å². The third-order valence-corrected chi connectivity index (χ3v) is 2.91. The lowest BCUT2D eigenvalue weighted by Gasteiger charge is -2.07. The van der Waals surface area contributed by atoms with Crippen molar-refractivity contribution < 1.29 is 9.53 Å². The zero-order chi connectivity index (χ0) is 14.0. The van der Waals surface area contributed by atoms with Crippen LogP contribution >= 0.6 is 0 Å². The number of benzene rings is 1. The highest BCUT2D eigenvalue weighted by Crippen LogP contribution is 2.20. The van der Waals surface area contributed by atoms with Crippen LogP contribution in [-0.4, -0.2) is 23.2 Å². The molecule has 1 aromatic heterocycles. The van der Waals surface area contributed by atoms with Crippen LogP contribution in [0.15, 0.2) is 18.2 Å². The summed E-state index contributed by atoms with van der Waals surface area (Å²) in [5, 5.41) is 9.57. The number of aromatic nitrogens is 2. The molecular weight excluding hydrogens is 244 g/mol. The predicted molar refractivity (Wildman–Crippen MR) is 73.4 cm³/mol. The molecule has 0 fully saturated rings. The van der Waals surface area contributed by atoms with E-state index in [0.717, 1.165) is 11.3 Å². The second-order valence-electron chi connectivity index (χ2n) is 4.27. The standard InChI is InChI=1S/C13H16N4O2/c1-7-8(2)16-17-12(7)15-13(18)9-4-10(14)6-11(5-9)19-3/h4-6H,14H2,1-3H3,(H2,15,16,17,18). The number of amides is 1. The molecule has 1 heterocycles. The summed E-state index contributed by atoms with van der Waals surface area (Å²) in [6.07, 6.45) is 0. The van der Waals surface area contributed by atoms with Crippen LogP contribution in [0.5, 0.6) is 5.75 Å². The Morgan fingerprint density at radius 3 is 2.68 bits per heavy atom. The Morgan fingerprint density at radius 1 is 1.37 bits per heavy atom. The Morgan fingerprint density at radius 2 is 2.11 bits per heavy atom. The van der Waals surface area contributed by atoms with Crippen LogP contribution in [0.3, 0.4) is 0 Å². The van der Waals surface area contributed by atoms with Gasteiger partial charge >= 0.3 is 0 Å². The number of aryl methyl sites for hydroxylation is 1. The van der Waals surface area contributed by atoms with Gasteiger partial charge in [-0.15, -0.1) is 0 Å². The maximum absolute atomic E-state index is 12.1. The number of H-pyrrole nitrogens is 1. The number of methoxy groups -OCH3 is 1. The quantitative estimate of drug-likeness (QED) is 0.734. The summed E-state index contributed by atoms with van der Waals surface area (Å²) in [5.74, 6) is 0.782. The van der Waals surface area contributed by atoms with Crippen LogP contribution < -0.4 is 15.8 Å². The van der Waals surface area contributed by atoms with E-state index in [1.54, 1.807) is 18.2 Å². The number of rotatable bonds is 3. The summed E-state index contributed by atoms with van der Waals surface area (Å²) in [6.45, 7) is 3.77. The number of nitrogens with two attached hydrogens (primary N) is 1. The first-order valence-corrected chi connectivity index (χ1v) is 5.78. The van der Waals surface area contributed by atoms with E-state index in [2.05, 4.69) is 15.5 Å². The van der Waals surface area contributed by atoms with Gasteiger partial charge in [0.05, 0.1) is 7.11 Å². The van der Waals surface area contributed by atoms with Crippen LogP contribution in [0.2, 0.25) is 0 Å². The summed E-state index contributed by atoms with van der Waals surface area (Å²) in [7, 11) is 1.53. The van der Waals surface area contributed by atoms with Crippen LogP contribution in [0, 0.1) is 13.8 Å². The molecule has 0 unspecified atom stereocenters. The molecule has 4 N–H and O–H groups in total. The summed E-state index contributed by atoms with van der Waals surface area (Å²) in [6, 6.07) is 4.87. The third-order valence-electron chi connectivity index (χ3n) is 2.91. The Balaban J connectivity index is 2.25. The molecule has 0 bridgehead atoms. The second-order valence-corrected chi connectivity index (χ2v) is 4.27. The lowest BCUT2D eigenvalue weighted by Crippen LogP contribution is -2.13. The minimum atomic E-state index is -0.278. The van der Waals surface area contributed by atoms with Crippen molar-refractivity contribution in [2.24, 2.45) is 0 Å². The molecular formula is C13H16N4O2. The van der Waals surface area contributed by atoms with Crippen LogP contribution in [-0.2, 0) is 0 Å². The first-order chi connectivity index (χ1) is 9.01. The number of aromatic amines is 1. The van der Waals surface area contributed by atoms with Gasteiger partial charge in [-0.2, -0.15) is 5.10 Å². The maximum Gasteiger partial charge on any atom is 0.257 e. The van der Waals surface area contributed by atoms with Gasteiger partial charge in [-0.1, -0.05) is 0 Å². The number of hydrogen-bond acceptors (Lipinski definition) is 4. The topological polar surface area (TPSA) is 93.0 Å². The molecule has 1 amide bonds. The van der Waals surface area contributed by atoms with Gasteiger partial charge in [-0.05, 0) is 26.0 Å². The van der Waals surface area contributed by atoms with Crippen molar-refractivity contribution in [1.29, 1.82) is 0 Å². The summed E-state index contributed by atoms with van der Waals surface area (Å²) >= 11 is 0. The number of nitrogens with zero attached hydrogens (tertiary/aromatic N) is 1. The van der Waals surface area contributed by atoms with Crippen molar-refractivity contribution in [1.82, 2.24) is 10.2 Å². The van der Waals surface area contributed by atoms with Crippen molar-refractivity contribution in [3.63, 3.8) is 0 Å². The van der Waals surface area contributed by atoms with E-state index in [1.165, 1.54) is 7.11 Å². The molecule has 2 rings (SSSR count). The normalized spacial score (nSPS) is 10.3. The SMILES string of the molecule is COc1cc(N)cc(C(=O)Nc2n[nH]c(C)c2C)c1. The Bertz CT molecular complexity index is 619. The molecule has 0 saturated heterocycles. The molecule has 0 spiro atoms. The number of ether oxygens (including phenoxy) is 1. The zero-order valence-electron chi connectivity index (χ0n) is 11.1. The average Bonchev–Trinajstić information content (AvgIpc) is 2.70. The summed E-state index contributed by atoms with van der Waals surface area (Å²) in [4.78, 5) is 12.1. The highest BCUT2D eigenvalue weighted by molar-refractivity contribution is 6.05. The Labute approximate surface area is 111 Å². The van der Waals surface area contributed by atoms with Gasteiger partial charge in [0.15, 0.2) is 5.82 Å². The van der Waals surface area contributed by atoms with Gasteiger partial charge in [-0.3, -0.25) is 9.89 Å². The zero-order valence-corrected chi connectivity index (χ0v) is 11.1. The highest BCUT2D eigenvalue weighted by atomic mass is 16.5. The molecule has 0 atom stereocenters. The van der Waals surface area contributed by atoms with E-state index in [0.29, 0.717) is 22.8 Å². The molecule has 2 aromatic rings. The van der Waals surface area contributed by atoms with Gasteiger partial charge in [-0.25, -0.2) is 0 Å². The number of nitrogens with one attached hydrogen (secondary N) is 2. The van der Waals surface area contributed by atoms with Gasteiger partial charge in [0.2, 0.25) is 0 Å². The van der Waals surface area contributed by atoms with E-state index >= 15 is 0 Å². The molecule has 6 heteroatoms. The van der Waals surface area contributed by atoms with E-state index in [-0.39, 0.29) is 5.91 Å². The predicted octanol–water partition coefficient (Wildman–Crippen LogP) is 1.87. The number of nitrogen functional groups attached to an aromatic ring is 1. The smallest absolute Gasteiger partial charge is 0.257 e. The lowest BCUT2D eigenvalue weighted by atomic mass is 10.1. The molecule has 1 aromatic carbocycles. The second kappa shape index (κ2) is 5.01. The van der Waals surface area contributed by atoms with Gasteiger partial charge in [0.1, 0.15) is 5.75 Å². The molecule has 0 aliphatic heterocycles. The molecule has 0 radical (unpaired) electrons. The third kappa shape index (κ3) is 2.67.